The van der Waals surface area contributed by atoms with E-state index in [2.05, 4.69) is 32.9 Å². The van der Waals surface area contributed by atoms with Gasteiger partial charge in [-0.15, -0.1) is 0 Å². The van der Waals surface area contributed by atoms with Crippen LogP contribution in [0.1, 0.15) is 310 Å². The van der Waals surface area contributed by atoms with E-state index < -0.39 is 6.10 Å². The Labute approximate surface area is 386 Å². The number of hydrogen-bond donors (Lipinski definition) is 0. The number of carbonyl (C=O) groups is 3. The molecule has 0 amide bonds. The molecule has 0 heterocycles. The van der Waals surface area contributed by atoms with E-state index in [0.717, 1.165) is 64.2 Å². The van der Waals surface area contributed by atoms with Crippen LogP contribution in [0.4, 0.5) is 0 Å². The van der Waals surface area contributed by atoms with Gasteiger partial charge in [0.2, 0.25) is 0 Å². The summed E-state index contributed by atoms with van der Waals surface area (Å²) in [6.45, 7) is 6.67. The summed E-state index contributed by atoms with van der Waals surface area (Å²) in [5.74, 6) is -0.855. The Morgan fingerprint density at radius 3 is 0.806 bits per heavy atom. The molecule has 0 aliphatic carbocycles. The van der Waals surface area contributed by atoms with Crippen LogP contribution in [-0.2, 0) is 28.6 Å². The second kappa shape index (κ2) is 51.8. The monoisotopic (exact) mass is 875 g/mol. The van der Waals surface area contributed by atoms with Gasteiger partial charge in [0.25, 0.3) is 0 Å². The second-order valence-electron chi connectivity index (χ2n) is 18.9. The smallest absolute Gasteiger partial charge is 0.306 e. The maximum absolute atomic E-state index is 12.8. The van der Waals surface area contributed by atoms with E-state index in [1.54, 1.807) is 0 Å². The highest BCUT2D eigenvalue weighted by Crippen LogP contribution is 2.17. The van der Waals surface area contributed by atoms with Crippen molar-refractivity contribution in [3.05, 3.63) is 12.2 Å². The first-order chi connectivity index (χ1) is 30.5. The van der Waals surface area contributed by atoms with Crippen molar-refractivity contribution in [3.63, 3.8) is 0 Å². The molecule has 0 rings (SSSR count). The average molecular weight is 875 g/mol. The molecule has 1 atom stereocenters. The zero-order valence-electron chi connectivity index (χ0n) is 41.9. The van der Waals surface area contributed by atoms with Crippen molar-refractivity contribution in [2.24, 2.45) is 0 Å². The van der Waals surface area contributed by atoms with E-state index in [1.165, 1.54) is 205 Å². The van der Waals surface area contributed by atoms with Gasteiger partial charge in [-0.05, 0) is 44.9 Å². The lowest BCUT2D eigenvalue weighted by molar-refractivity contribution is -0.167. The fourth-order valence-corrected chi connectivity index (χ4v) is 8.32. The Morgan fingerprint density at radius 1 is 0.306 bits per heavy atom. The summed E-state index contributed by atoms with van der Waals surface area (Å²) in [4.78, 5) is 38.0. The van der Waals surface area contributed by atoms with Gasteiger partial charge in [-0.25, -0.2) is 0 Å². The van der Waals surface area contributed by atoms with Gasteiger partial charge in [0, 0.05) is 19.3 Å². The lowest BCUT2D eigenvalue weighted by Gasteiger charge is -2.18. The summed E-state index contributed by atoms with van der Waals surface area (Å²) in [6, 6.07) is 0. The lowest BCUT2D eigenvalue weighted by Crippen LogP contribution is -2.30. The molecular formula is C56H106O6. The molecule has 0 saturated heterocycles. The zero-order chi connectivity index (χ0) is 45.1. The van der Waals surface area contributed by atoms with E-state index in [4.69, 9.17) is 14.2 Å². The maximum Gasteiger partial charge on any atom is 0.306 e. The molecule has 0 saturated carbocycles. The third-order valence-corrected chi connectivity index (χ3v) is 12.5. The molecule has 366 valence electrons. The number of hydrogen-bond acceptors (Lipinski definition) is 6. The van der Waals surface area contributed by atoms with Crippen molar-refractivity contribution >= 4 is 17.9 Å². The summed E-state index contributed by atoms with van der Waals surface area (Å²) in [7, 11) is 0. The minimum Gasteiger partial charge on any atom is -0.462 e. The largest absolute Gasteiger partial charge is 0.462 e. The van der Waals surface area contributed by atoms with E-state index in [0.29, 0.717) is 19.3 Å². The van der Waals surface area contributed by atoms with Gasteiger partial charge in [-0.2, -0.15) is 0 Å². The van der Waals surface area contributed by atoms with Crippen molar-refractivity contribution < 1.29 is 28.6 Å². The molecule has 0 radical (unpaired) electrons. The molecule has 0 aromatic carbocycles. The van der Waals surface area contributed by atoms with Crippen LogP contribution in [0.3, 0.4) is 0 Å². The number of ether oxygens (including phenoxy) is 3. The van der Waals surface area contributed by atoms with Gasteiger partial charge in [0.05, 0.1) is 0 Å². The molecule has 0 aliphatic rings. The van der Waals surface area contributed by atoms with Crippen molar-refractivity contribution in [1.29, 1.82) is 0 Å². The molecule has 0 N–H and O–H groups in total. The Kier molecular flexibility index (Phi) is 50.2. The summed E-state index contributed by atoms with van der Waals surface area (Å²) < 4.78 is 16.8. The first-order valence-corrected chi connectivity index (χ1v) is 27.7. The van der Waals surface area contributed by atoms with Crippen molar-refractivity contribution in [2.75, 3.05) is 13.2 Å². The third-order valence-electron chi connectivity index (χ3n) is 12.5. The topological polar surface area (TPSA) is 78.9 Å². The molecule has 0 bridgehead atoms. The molecular weight excluding hydrogens is 769 g/mol. The Hall–Kier alpha value is -1.85. The first-order valence-electron chi connectivity index (χ1n) is 27.7. The SMILES string of the molecule is CCCCCCCC/C=C\CCCCCCCC(=O)O[C@@H](COC(=O)CCCCCCCCCCCCCC)COC(=O)CCCCCCCCCCCCCCCCCCC. The van der Waals surface area contributed by atoms with Crippen LogP contribution in [0.25, 0.3) is 0 Å². The van der Waals surface area contributed by atoms with Gasteiger partial charge in [-0.1, -0.05) is 258 Å². The quantitative estimate of drug-likeness (QED) is 0.0262. The highest BCUT2D eigenvalue weighted by atomic mass is 16.6. The third kappa shape index (κ3) is 49.2. The summed E-state index contributed by atoms with van der Waals surface area (Å²) in [6.07, 6.45) is 57.7. The fourth-order valence-electron chi connectivity index (χ4n) is 8.32. The predicted octanol–water partition coefficient (Wildman–Crippen LogP) is 18.2. The average Bonchev–Trinajstić information content (AvgIpc) is 3.27. The molecule has 6 heteroatoms. The number of esters is 3. The first kappa shape index (κ1) is 60.2. The number of rotatable bonds is 51. The maximum atomic E-state index is 12.8. The zero-order valence-corrected chi connectivity index (χ0v) is 41.9. The van der Waals surface area contributed by atoms with Gasteiger partial charge in [-0.3, -0.25) is 14.4 Å². The van der Waals surface area contributed by atoms with Crippen LogP contribution >= 0.6 is 0 Å². The van der Waals surface area contributed by atoms with Gasteiger partial charge < -0.3 is 14.2 Å². The molecule has 0 aromatic rings. The molecule has 0 spiro atoms. The van der Waals surface area contributed by atoms with Crippen molar-refractivity contribution in [1.82, 2.24) is 0 Å². The second-order valence-corrected chi connectivity index (χ2v) is 18.9. The Morgan fingerprint density at radius 2 is 0.532 bits per heavy atom. The van der Waals surface area contributed by atoms with E-state index in [9.17, 15) is 14.4 Å². The highest BCUT2D eigenvalue weighted by molar-refractivity contribution is 5.71. The van der Waals surface area contributed by atoms with Crippen molar-refractivity contribution in [3.8, 4) is 0 Å². The van der Waals surface area contributed by atoms with Crippen LogP contribution in [0.2, 0.25) is 0 Å². The van der Waals surface area contributed by atoms with E-state index in [1.807, 2.05) is 0 Å². The normalized spacial score (nSPS) is 12.0. The summed E-state index contributed by atoms with van der Waals surface area (Å²) in [5.41, 5.74) is 0. The Bertz CT molecular complexity index is 962. The predicted molar refractivity (Wildman–Crippen MR) is 266 cm³/mol. The number of allylic oxidation sites excluding steroid dienone is 2. The number of carbonyl (C=O) groups excluding carboxylic acids is 3. The van der Waals surface area contributed by atoms with Crippen LogP contribution in [0.5, 0.6) is 0 Å². The minimum atomic E-state index is -0.768. The fraction of sp³-hybridized carbons (Fsp3) is 0.911. The van der Waals surface area contributed by atoms with E-state index >= 15 is 0 Å². The van der Waals surface area contributed by atoms with Crippen LogP contribution in [0.15, 0.2) is 12.2 Å². The summed E-state index contributed by atoms with van der Waals surface area (Å²) in [5, 5.41) is 0. The van der Waals surface area contributed by atoms with Crippen LogP contribution in [0, 0.1) is 0 Å². The van der Waals surface area contributed by atoms with Gasteiger partial charge >= 0.3 is 17.9 Å². The molecule has 0 aliphatic heterocycles. The van der Waals surface area contributed by atoms with Gasteiger partial charge in [0.15, 0.2) is 6.10 Å². The highest BCUT2D eigenvalue weighted by Gasteiger charge is 2.19. The minimum absolute atomic E-state index is 0.0677. The summed E-state index contributed by atoms with van der Waals surface area (Å²) >= 11 is 0. The van der Waals surface area contributed by atoms with Crippen LogP contribution < -0.4 is 0 Å². The molecule has 6 nitrogen and oxygen atoms in total. The molecule has 0 aromatic heterocycles. The molecule has 62 heavy (non-hydrogen) atoms. The van der Waals surface area contributed by atoms with Crippen LogP contribution in [-0.4, -0.2) is 37.2 Å². The molecule has 0 fully saturated rings. The van der Waals surface area contributed by atoms with Gasteiger partial charge in [0.1, 0.15) is 13.2 Å². The number of unbranched alkanes of at least 4 members (excludes halogenated alkanes) is 38. The lowest BCUT2D eigenvalue weighted by atomic mass is 10.0. The van der Waals surface area contributed by atoms with E-state index in [-0.39, 0.29) is 31.1 Å². The van der Waals surface area contributed by atoms with Crippen molar-refractivity contribution in [2.45, 2.75) is 316 Å². The molecule has 0 unspecified atom stereocenters. The Balaban J connectivity index is 4.31. The standard InChI is InChI=1S/C56H106O6/c1-4-7-10-13-16-19-22-25-27-28-30-31-34-37-40-43-46-49-55(58)61-52-53(51-60-54(57)48-45-42-39-36-33-24-21-18-15-12-9-6-3)62-56(59)50-47-44-41-38-35-32-29-26-23-20-17-14-11-8-5-2/h26,29,53H,4-25,27-28,30-52H2,1-3H3/b29-26-/t53-/m0/s1.